The van der Waals surface area contributed by atoms with Crippen LogP contribution in [-0.2, 0) is 9.59 Å². The molecule has 0 aromatic heterocycles. The molecule has 2 aromatic carbocycles. The second kappa shape index (κ2) is 6.88. The molecule has 0 atom stereocenters. The molecule has 0 radical (unpaired) electrons. The van der Waals surface area contributed by atoms with Gasteiger partial charge >= 0.3 is 0 Å². The first-order chi connectivity index (χ1) is 11.5. The highest BCUT2D eigenvalue weighted by atomic mass is 79.9. The van der Waals surface area contributed by atoms with Crippen LogP contribution in [0.1, 0.15) is 12.5 Å². The first kappa shape index (κ1) is 16.3. The van der Waals surface area contributed by atoms with E-state index in [2.05, 4.69) is 26.6 Å². The molecule has 0 fully saturated rings. The smallest absolute Gasteiger partial charge is 0.255 e. The van der Waals surface area contributed by atoms with E-state index in [9.17, 15) is 9.59 Å². The molecule has 2 amide bonds. The average molecular weight is 387 g/mol. The number of hydrogen-bond acceptors (Lipinski definition) is 3. The molecule has 122 valence electrons. The Hall–Kier alpha value is -2.60. The molecule has 0 bridgehead atoms. The number of benzene rings is 2. The summed E-state index contributed by atoms with van der Waals surface area (Å²) in [7, 11) is 0. The third kappa shape index (κ3) is 3.83. The minimum atomic E-state index is -0.215. The Morgan fingerprint density at radius 1 is 1.04 bits per heavy atom. The molecule has 1 aliphatic heterocycles. The predicted molar refractivity (Wildman–Crippen MR) is 97.0 cm³/mol. The highest BCUT2D eigenvalue weighted by Crippen LogP contribution is 2.29. The van der Waals surface area contributed by atoms with Crippen molar-refractivity contribution in [2.24, 2.45) is 0 Å². The van der Waals surface area contributed by atoms with Gasteiger partial charge in [0.1, 0.15) is 12.4 Å². The molecule has 6 heteroatoms. The maximum absolute atomic E-state index is 12.4. The van der Waals surface area contributed by atoms with E-state index in [1.165, 1.54) is 6.92 Å². The lowest BCUT2D eigenvalue weighted by Crippen LogP contribution is -2.21. The zero-order chi connectivity index (χ0) is 17.1. The van der Waals surface area contributed by atoms with Crippen LogP contribution >= 0.6 is 15.9 Å². The van der Waals surface area contributed by atoms with Gasteiger partial charge in [-0.1, -0.05) is 15.9 Å². The first-order valence-corrected chi connectivity index (χ1v) is 8.12. The number of carbonyl (C=O) groups is 2. The molecule has 0 saturated carbocycles. The molecule has 1 aliphatic rings. The fourth-order valence-corrected chi connectivity index (χ4v) is 2.71. The van der Waals surface area contributed by atoms with Crippen molar-refractivity contribution in [1.29, 1.82) is 0 Å². The van der Waals surface area contributed by atoms with Gasteiger partial charge in [-0.05, 0) is 48.5 Å². The van der Waals surface area contributed by atoms with Crippen molar-refractivity contribution in [2.75, 3.05) is 17.2 Å². The van der Waals surface area contributed by atoms with Crippen LogP contribution in [0.3, 0.4) is 0 Å². The summed E-state index contributed by atoms with van der Waals surface area (Å²) in [5.74, 6) is 0.406. The Bertz CT molecular complexity index is 829. The summed E-state index contributed by atoms with van der Waals surface area (Å²) in [5.41, 5.74) is 2.74. The number of nitrogens with one attached hydrogen (secondary N) is 2. The fourth-order valence-electron chi connectivity index (χ4n) is 2.33. The van der Waals surface area contributed by atoms with E-state index >= 15 is 0 Å². The number of hydrogen-bond donors (Lipinski definition) is 2. The molecule has 0 saturated heterocycles. The normalized spacial score (nSPS) is 12.5. The van der Waals surface area contributed by atoms with Crippen LogP contribution in [0.15, 0.2) is 52.5 Å². The minimum absolute atomic E-state index is 0.138. The molecule has 5 nitrogen and oxygen atoms in total. The lowest BCUT2D eigenvalue weighted by molar-refractivity contribution is -0.114. The van der Waals surface area contributed by atoms with Gasteiger partial charge in [-0.2, -0.15) is 0 Å². The quantitative estimate of drug-likeness (QED) is 0.842. The van der Waals surface area contributed by atoms with Gasteiger partial charge in [0.25, 0.3) is 5.91 Å². The Labute approximate surface area is 147 Å². The van der Waals surface area contributed by atoms with Crippen molar-refractivity contribution in [3.8, 4) is 5.75 Å². The molecular formula is C18H15BrN2O3. The molecule has 0 aliphatic carbocycles. The summed E-state index contributed by atoms with van der Waals surface area (Å²) in [6.45, 7) is 1.67. The summed E-state index contributed by atoms with van der Waals surface area (Å²) in [5, 5.41) is 5.50. The van der Waals surface area contributed by atoms with E-state index in [-0.39, 0.29) is 18.4 Å². The Balaban J connectivity index is 1.72. The van der Waals surface area contributed by atoms with Crippen molar-refractivity contribution >= 4 is 45.2 Å². The van der Waals surface area contributed by atoms with E-state index in [1.807, 2.05) is 24.3 Å². The molecular weight excluding hydrogens is 372 g/mol. The number of halogens is 1. The summed E-state index contributed by atoms with van der Waals surface area (Å²) in [4.78, 5) is 23.4. The molecule has 2 aromatic rings. The second-order valence-corrected chi connectivity index (χ2v) is 6.27. The van der Waals surface area contributed by atoms with Crippen molar-refractivity contribution in [2.45, 2.75) is 6.92 Å². The number of anilines is 2. The number of rotatable bonds is 3. The molecule has 0 unspecified atom stereocenters. The van der Waals surface area contributed by atoms with Crippen molar-refractivity contribution in [1.82, 2.24) is 0 Å². The zero-order valence-electron chi connectivity index (χ0n) is 12.9. The average Bonchev–Trinajstić information content (AvgIpc) is 2.55. The van der Waals surface area contributed by atoms with Crippen molar-refractivity contribution in [3.05, 3.63) is 58.1 Å². The van der Waals surface area contributed by atoms with Crippen LogP contribution in [0.25, 0.3) is 6.08 Å². The van der Waals surface area contributed by atoms with Gasteiger partial charge in [-0.25, -0.2) is 0 Å². The second-order valence-electron chi connectivity index (χ2n) is 5.35. The first-order valence-electron chi connectivity index (χ1n) is 7.33. The van der Waals surface area contributed by atoms with E-state index in [0.717, 1.165) is 15.8 Å². The van der Waals surface area contributed by atoms with E-state index < -0.39 is 0 Å². The van der Waals surface area contributed by atoms with Crippen molar-refractivity contribution < 1.29 is 14.3 Å². The molecule has 2 N–H and O–H groups in total. The standard InChI is InChI=1S/C18H15BrN2O3/c1-11(22)20-15-3-5-16(6-4-15)21-18(23)13-8-12-9-14(19)2-7-17(12)24-10-13/h2-9H,10H2,1H3,(H,20,22)(H,21,23). The number of carbonyl (C=O) groups excluding carboxylic acids is 2. The van der Waals surface area contributed by atoms with Crippen LogP contribution < -0.4 is 15.4 Å². The van der Waals surface area contributed by atoms with Gasteiger partial charge in [0.15, 0.2) is 0 Å². The maximum Gasteiger partial charge on any atom is 0.255 e. The highest BCUT2D eigenvalue weighted by molar-refractivity contribution is 9.10. The van der Waals surface area contributed by atoms with Gasteiger partial charge in [0.2, 0.25) is 5.91 Å². The van der Waals surface area contributed by atoms with Crippen LogP contribution in [0.4, 0.5) is 11.4 Å². The van der Waals surface area contributed by atoms with Crippen LogP contribution in [0.5, 0.6) is 5.75 Å². The van der Waals surface area contributed by atoms with Crippen molar-refractivity contribution in [3.63, 3.8) is 0 Å². The van der Waals surface area contributed by atoms with Gasteiger partial charge in [0.05, 0.1) is 5.57 Å². The molecule has 1 heterocycles. The predicted octanol–water partition coefficient (Wildman–Crippen LogP) is 3.82. The molecule has 0 spiro atoms. The summed E-state index contributed by atoms with van der Waals surface area (Å²) in [6.07, 6.45) is 1.82. The lowest BCUT2D eigenvalue weighted by Gasteiger charge is -2.18. The molecule has 3 rings (SSSR count). The summed E-state index contributed by atoms with van der Waals surface area (Å²) in [6, 6.07) is 12.6. The Morgan fingerprint density at radius 2 is 1.71 bits per heavy atom. The maximum atomic E-state index is 12.4. The number of amides is 2. The van der Waals surface area contributed by atoms with Gasteiger partial charge in [-0.3, -0.25) is 9.59 Å². The van der Waals surface area contributed by atoms with Crippen LogP contribution in [0.2, 0.25) is 0 Å². The van der Waals surface area contributed by atoms with E-state index in [0.29, 0.717) is 16.9 Å². The molecule has 24 heavy (non-hydrogen) atoms. The van der Waals surface area contributed by atoms with E-state index in [4.69, 9.17) is 4.74 Å². The Kier molecular flexibility index (Phi) is 4.66. The highest BCUT2D eigenvalue weighted by Gasteiger charge is 2.17. The SMILES string of the molecule is CC(=O)Nc1ccc(NC(=O)C2=Cc3cc(Br)ccc3OC2)cc1. The topological polar surface area (TPSA) is 67.4 Å². The third-order valence-corrected chi connectivity index (χ3v) is 3.93. The van der Waals surface area contributed by atoms with Gasteiger partial charge in [-0.15, -0.1) is 0 Å². The minimum Gasteiger partial charge on any atom is -0.488 e. The van der Waals surface area contributed by atoms with Crippen LogP contribution in [-0.4, -0.2) is 18.4 Å². The van der Waals surface area contributed by atoms with Gasteiger partial charge in [0, 0.05) is 28.3 Å². The lowest BCUT2D eigenvalue weighted by atomic mass is 10.1. The fraction of sp³-hybridized carbons (Fsp3) is 0.111. The van der Waals surface area contributed by atoms with Crippen LogP contribution in [0, 0.1) is 0 Å². The zero-order valence-corrected chi connectivity index (χ0v) is 14.5. The number of ether oxygens (including phenoxy) is 1. The summed E-state index contributed by atoms with van der Waals surface area (Å²) >= 11 is 3.41. The monoisotopic (exact) mass is 386 g/mol. The van der Waals surface area contributed by atoms with E-state index in [1.54, 1.807) is 24.3 Å². The summed E-state index contributed by atoms with van der Waals surface area (Å²) < 4.78 is 6.54. The van der Waals surface area contributed by atoms with Gasteiger partial charge < -0.3 is 15.4 Å². The largest absolute Gasteiger partial charge is 0.488 e. The Morgan fingerprint density at radius 3 is 2.38 bits per heavy atom. The number of fused-ring (bicyclic) bond motifs is 1. The third-order valence-electron chi connectivity index (χ3n) is 3.44.